The standard InChI is InChI=1S/C13H13N3S/c1-8-4-6-11(7-5-8)12-9(2)16-13(14-12)17-10(3)15-16/h4-7H,1-3H3. The molecule has 86 valence electrons. The SMILES string of the molecule is Cc1ccc(-c2nc3sc(C)nn3c2C)cc1. The van der Waals surface area contributed by atoms with Crippen LogP contribution in [0.4, 0.5) is 0 Å². The number of benzene rings is 1. The number of aromatic nitrogens is 3. The minimum Gasteiger partial charge on any atom is -0.217 e. The molecule has 0 spiro atoms. The Kier molecular flexibility index (Phi) is 2.26. The lowest BCUT2D eigenvalue weighted by Gasteiger charge is -1.99. The maximum absolute atomic E-state index is 4.65. The quantitative estimate of drug-likeness (QED) is 0.656. The molecule has 0 aliphatic carbocycles. The van der Waals surface area contributed by atoms with Gasteiger partial charge in [-0.3, -0.25) is 0 Å². The summed E-state index contributed by atoms with van der Waals surface area (Å²) in [6.07, 6.45) is 0. The molecule has 0 aliphatic heterocycles. The third-order valence-corrected chi connectivity index (χ3v) is 3.68. The van der Waals surface area contributed by atoms with Gasteiger partial charge in [-0.2, -0.15) is 5.10 Å². The Hall–Kier alpha value is -1.68. The number of aryl methyl sites for hydroxylation is 3. The number of rotatable bonds is 1. The van der Waals surface area contributed by atoms with Crippen LogP contribution in [0.15, 0.2) is 24.3 Å². The van der Waals surface area contributed by atoms with E-state index in [1.54, 1.807) is 11.3 Å². The molecule has 0 saturated carbocycles. The van der Waals surface area contributed by atoms with Crippen molar-refractivity contribution in [2.45, 2.75) is 20.8 Å². The molecule has 3 nitrogen and oxygen atoms in total. The monoisotopic (exact) mass is 243 g/mol. The number of fused-ring (bicyclic) bond motifs is 1. The molecule has 2 aromatic heterocycles. The second-order valence-corrected chi connectivity index (χ2v) is 5.39. The van der Waals surface area contributed by atoms with E-state index in [-0.39, 0.29) is 0 Å². The number of hydrogen-bond acceptors (Lipinski definition) is 3. The van der Waals surface area contributed by atoms with Crippen LogP contribution in [0.3, 0.4) is 0 Å². The van der Waals surface area contributed by atoms with Crippen molar-refractivity contribution >= 4 is 16.3 Å². The first kappa shape index (κ1) is 10.5. The van der Waals surface area contributed by atoms with Crippen molar-refractivity contribution in [1.82, 2.24) is 14.6 Å². The molecule has 0 N–H and O–H groups in total. The Balaban J connectivity index is 2.20. The van der Waals surface area contributed by atoms with Crippen LogP contribution >= 0.6 is 11.3 Å². The van der Waals surface area contributed by atoms with Crippen LogP contribution in [0.5, 0.6) is 0 Å². The molecule has 0 amide bonds. The van der Waals surface area contributed by atoms with E-state index in [9.17, 15) is 0 Å². The zero-order valence-electron chi connectivity index (χ0n) is 10.1. The summed E-state index contributed by atoms with van der Waals surface area (Å²) in [5.41, 5.74) is 4.56. The van der Waals surface area contributed by atoms with E-state index in [1.165, 1.54) is 5.56 Å². The summed E-state index contributed by atoms with van der Waals surface area (Å²) in [6.45, 7) is 6.16. The van der Waals surface area contributed by atoms with Gasteiger partial charge in [-0.05, 0) is 20.8 Å². The molecule has 3 rings (SSSR count). The van der Waals surface area contributed by atoms with E-state index in [1.807, 2.05) is 11.4 Å². The van der Waals surface area contributed by atoms with Gasteiger partial charge in [0.05, 0.1) is 11.4 Å². The highest BCUT2D eigenvalue weighted by molar-refractivity contribution is 7.16. The normalized spacial score (nSPS) is 11.2. The first-order chi connectivity index (χ1) is 8.15. The summed E-state index contributed by atoms with van der Waals surface area (Å²) in [6, 6.07) is 8.45. The molecule has 0 aliphatic rings. The number of imidazole rings is 1. The van der Waals surface area contributed by atoms with E-state index in [0.717, 1.165) is 26.9 Å². The maximum Gasteiger partial charge on any atom is 0.212 e. The molecule has 2 heterocycles. The van der Waals surface area contributed by atoms with Crippen molar-refractivity contribution in [1.29, 1.82) is 0 Å². The molecule has 0 radical (unpaired) electrons. The molecule has 0 fully saturated rings. The second-order valence-electron chi connectivity index (χ2n) is 4.23. The van der Waals surface area contributed by atoms with Crippen molar-refractivity contribution in [2.75, 3.05) is 0 Å². The van der Waals surface area contributed by atoms with Gasteiger partial charge >= 0.3 is 0 Å². The van der Waals surface area contributed by atoms with E-state index in [4.69, 9.17) is 0 Å². The first-order valence-electron chi connectivity index (χ1n) is 5.55. The van der Waals surface area contributed by atoms with Crippen LogP contribution < -0.4 is 0 Å². The van der Waals surface area contributed by atoms with Gasteiger partial charge in [0.15, 0.2) is 0 Å². The van der Waals surface area contributed by atoms with E-state index < -0.39 is 0 Å². The molecular formula is C13H13N3S. The molecule has 17 heavy (non-hydrogen) atoms. The van der Waals surface area contributed by atoms with Crippen LogP contribution in [-0.4, -0.2) is 14.6 Å². The van der Waals surface area contributed by atoms with Crippen LogP contribution in [-0.2, 0) is 0 Å². The molecule has 0 bridgehead atoms. The van der Waals surface area contributed by atoms with Gasteiger partial charge in [-0.25, -0.2) is 9.50 Å². The molecule has 0 atom stereocenters. The molecular weight excluding hydrogens is 230 g/mol. The summed E-state index contributed by atoms with van der Waals surface area (Å²) in [7, 11) is 0. The van der Waals surface area contributed by atoms with Gasteiger partial charge in [-0.15, -0.1) is 0 Å². The third-order valence-electron chi connectivity index (χ3n) is 2.85. The van der Waals surface area contributed by atoms with Crippen molar-refractivity contribution in [3.8, 4) is 11.3 Å². The van der Waals surface area contributed by atoms with E-state index in [0.29, 0.717) is 0 Å². The Bertz CT molecular complexity index is 677. The van der Waals surface area contributed by atoms with Crippen molar-refractivity contribution in [3.05, 3.63) is 40.5 Å². The average Bonchev–Trinajstić information content (AvgIpc) is 2.79. The average molecular weight is 243 g/mol. The lowest BCUT2D eigenvalue weighted by atomic mass is 10.1. The van der Waals surface area contributed by atoms with Crippen molar-refractivity contribution in [3.63, 3.8) is 0 Å². The number of nitrogens with zero attached hydrogens (tertiary/aromatic N) is 3. The van der Waals surface area contributed by atoms with Gasteiger partial charge < -0.3 is 0 Å². The third kappa shape index (κ3) is 1.65. The van der Waals surface area contributed by atoms with Crippen molar-refractivity contribution < 1.29 is 0 Å². The summed E-state index contributed by atoms with van der Waals surface area (Å²) in [5, 5.41) is 5.50. The topological polar surface area (TPSA) is 30.2 Å². The van der Waals surface area contributed by atoms with Gasteiger partial charge in [0, 0.05) is 5.56 Å². The molecule has 1 aromatic carbocycles. The molecule has 4 heteroatoms. The van der Waals surface area contributed by atoms with Gasteiger partial charge in [-0.1, -0.05) is 41.2 Å². The largest absolute Gasteiger partial charge is 0.217 e. The van der Waals surface area contributed by atoms with E-state index >= 15 is 0 Å². The van der Waals surface area contributed by atoms with E-state index in [2.05, 4.69) is 48.2 Å². The predicted octanol–water partition coefficient (Wildman–Crippen LogP) is 3.38. The highest BCUT2D eigenvalue weighted by Crippen LogP contribution is 2.26. The lowest BCUT2D eigenvalue weighted by molar-refractivity contribution is 0.909. The lowest BCUT2D eigenvalue weighted by Crippen LogP contribution is -1.89. The van der Waals surface area contributed by atoms with Gasteiger partial charge in [0.1, 0.15) is 5.01 Å². The predicted molar refractivity (Wildman–Crippen MR) is 70.5 cm³/mol. The van der Waals surface area contributed by atoms with Crippen molar-refractivity contribution in [2.24, 2.45) is 0 Å². The fourth-order valence-electron chi connectivity index (χ4n) is 1.93. The maximum atomic E-state index is 4.65. The summed E-state index contributed by atoms with van der Waals surface area (Å²) < 4.78 is 1.93. The second kappa shape index (κ2) is 3.67. The summed E-state index contributed by atoms with van der Waals surface area (Å²) in [4.78, 5) is 5.62. The highest BCUT2D eigenvalue weighted by Gasteiger charge is 2.12. The minimum atomic E-state index is 0.968. The molecule has 0 unspecified atom stereocenters. The Morgan fingerprint density at radius 3 is 2.41 bits per heavy atom. The summed E-state index contributed by atoms with van der Waals surface area (Å²) in [5.74, 6) is 0. The van der Waals surface area contributed by atoms with Crippen LogP contribution in [0.1, 0.15) is 16.3 Å². The molecule has 3 aromatic rings. The van der Waals surface area contributed by atoms with Gasteiger partial charge in [0.2, 0.25) is 4.96 Å². The van der Waals surface area contributed by atoms with Gasteiger partial charge in [0.25, 0.3) is 0 Å². The fraction of sp³-hybridized carbons (Fsp3) is 0.231. The Labute approximate surface area is 104 Å². The zero-order valence-corrected chi connectivity index (χ0v) is 10.9. The van der Waals surface area contributed by atoms with Crippen LogP contribution in [0, 0.1) is 20.8 Å². The summed E-state index contributed by atoms with van der Waals surface area (Å²) >= 11 is 1.63. The molecule has 0 saturated heterocycles. The fourth-order valence-corrected chi connectivity index (χ4v) is 2.72. The Morgan fingerprint density at radius 1 is 1.06 bits per heavy atom. The smallest absolute Gasteiger partial charge is 0.212 e. The van der Waals surface area contributed by atoms with Crippen LogP contribution in [0.25, 0.3) is 16.2 Å². The van der Waals surface area contributed by atoms with Crippen LogP contribution in [0.2, 0.25) is 0 Å². The Morgan fingerprint density at radius 2 is 1.76 bits per heavy atom. The first-order valence-corrected chi connectivity index (χ1v) is 6.36. The minimum absolute atomic E-state index is 0.968. The highest BCUT2D eigenvalue weighted by atomic mass is 32.1. The zero-order chi connectivity index (χ0) is 12.0. The number of hydrogen-bond donors (Lipinski definition) is 0.